The van der Waals surface area contributed by atoms with Crippen LogP contribution in [0.1, 0.15) is 75.5 Å². The van der Waals surface area contributed by atoms with E-state index in [1.807, 2.05) is 0 Å². The summed E-state index contributed by atoms with van der Waals surface area (Å²) >= 11 is 0. The molecule has 1 heteroatoms. The molecule has 1 saturated carbocycles. The molecule has 1 unspecified atom stereocenters. The maximum absolute atomic E-state index is 3.84. The van der Waals surface area contributed by atoms with Gasteiger partial charge in [0.2, 0.25) is 0 Å². The number of nitrogens with one attached hydrogen (secondary N) is 1. The summed E-state index contributed by atoms with van der Waals surface area (Å²) in [5.41, 5.74) is 2.98. The maximum Gasteiger partial charge on any atom is 0.0351 e. The Kier molecular flexibility index (Phi) is 6.59. The van der Waals surface area contributed by atoms with E-state index >= 15 is 0 Å². The number of benzene rings is 1. The molecule has 1 aliphatic carbocycles. The van der Waals surface area contributed by atoms with Crippen LogP contribution in [0.3, 0.4) is 0 Å². The van der Waals surface area contributed by atoms with Crippen molar-refractivity contribution in [1.29, 1.82) is 0 Å². The van der Waals surface area contributed by atoms with Gasteiger partial charge in [0.15, 0.2) is 0 Å². The van der Waals surface area contributed by atoms with Crippen molar-refractivity contribution in [3.8, 4) is 0 Å². The van der Waals surface area contributed by atoms with E-state index in [4.69, 9.17) is 0 Å². The van der Waals surface area contributed by atoms with Gasteiger partial charge in [-0.3, -0.25) is 0 Å². The van der Waals surface area contributed by atoms with Gasteiger partial charge in [0.25, 0.3) is 0 Å². The highest BCUT2D eigenvalue weighted by Crippen LogP contribution is 2.34. The molecule has 0 bridgehead atoms. The van der Waals surface area contributed by atoms with E-state index < -0.39 is 0 Å². The first-order valence-electron chi connectivity index (χ1n) is 8.62. The van der Waals surface area contributed by atoms with Gasteiger partial charge in [0.05, 0.1) is 0 Å². The van der Waals surface area contributed by atoms with Gasteiger partial charge < -0.3 is 5.32 Å². The van der Waals surface area contributed by atoms with Crippen molar-refractivity contribution >= 4 is 0 Å². The zero-order chi connectivity index (χ0) is 14.2. The molecule has 0 amide bonds. The molecule has 0 aliphatic heterocycles. The number of aryl methyl sites for hydroxylation is 1. The monoisotopic (exact) mass is 273 g/mol. The molecule has 1 aromatic carbocycles. The van der Waals surface area contributed by atoms with Crippen LogP contribution < -0.4 is 5.32 Å². The van der Waals surface area contributed by atoms with Crippen LogP contribution in [-0.4, -0.2) is 6.54 Å². The van der Waals surface area contributed by atoms with E-state index in [0.29, 0.717) is 6.04 Å². The first-order chi connectivity index (χ1) is 9.83. The third-order valence-electron chi connectivity index (χ3n) is 4.76. The molecule has 1 nitrogen and oxygen atoms in total. The predicted molar refractivity (Wildman–Crippen MR) is 88.0 cm³/mol. The number of rotatable bonds is 5. The van der Waals surface area contributed by atoms with E-state index in [-0.39, 0.29) is 0 Å². The zero-order valence-corrected chi connectivity index (χ0v) is 13.3. The second-order valence-corrected chi connectivity index (χ2v) is 6.39. The van der Waals surface area contributed by atoms with Gasteiger partial charge in [-0.05, 0) is 49.8 Å². The van der Waals surface area contributed by atoms with Crippen molar-refractivity contribution in [2.45, 2.75) is 71.3 Å². The van der Waals surface area contributed by atoms with E-state index in [2.05, 4.69) is 43.4 Å². The first-order valence-corrected chi connectivity index (χ1v) is 8.62. The molecule has 1 fully saturated rings. The summed E-state index contributed by atoms with van der Waals surface area (Å²) in [5, 5.41) is 3.84. The van der Waals surface area contributed by atoms with Gasteiger partial charge in [0.1, 0.15) is 0 Å². The molecule has 1 aromatic rings. The molecule has 0 heterocycles. The summed E-state index contributed by atoms with van der Waals surface area (Å²) in [4.78, 5) is 0. The number of hydrogen-bond acceptors (Lipinski definition) is 1. The Morgan fingerprint density at radius 2 is 1.70 bits per heavy atom. The van der Waals surface area contributed by atoms with Gasteiger partial charge >= 0.3 is 0 Å². The zero-order valence-electron chi connectivity index (χ0n) is 13.3. The third-order valence-corrected chi connectivity index (χ3v) is 4.76. The molecule has 0 aromatic heterocycles. The lowest BCUT2D eigenvalue weighted by atomic mass is 9.81. The Morgan fingerprint density at radius 1 is 1.05 bits per heavy atom. The summed E-state index contributed by atoms with van der Waals surface area (Å²) in [7, 11) is 0. The highest BCUT2D eigenvalue weighted by Gasteiger charge is 2.24. The standard InChI is InChI=1S/C19H31N/c1-3-15-20-19(18-14-10-9-11-16(18)2)17-12-7-5-4-6-8-13-17/h9-11,14,17,19-20H,3-8,12-13,15H2,1-2H3. The Bertz CT molecular complexity index is 377. The van der Waals surface area contributed by atoms with Crippen LogP contribution in [0.2, 0.25) is 0 Å². The van der Waals surface area contributed by atoms with Gasteiger partial charge in [-0.25, -0.2) is 0 Å². The summed E-state index contributed by atoms with van der Waals surface area (Å²) in [5.74, 6) is 0.822. The Balaban J connectivity index is 2.14. The Labute approximate surface area is 125 Å². The fourth-order valence-electron chi connectivity index (χ4n) is 3.59. The molecule has 0 radical (unpaired) electrons. The largest absolute Gasteiger partial charge is 0.310 e. The molecule has 2 rings (SSSR count). The van der Waals surface area contributed by atoms with Gasteiger partial charge in [-0.2, -0.15) is 0 Å². The minimum atomic E-state index is 0.564. The Hall–Kier alpha value is -0.820. The molecule has 112 valence electrons. The normalized spacial score (nSPS) is 19.3. The van der Waals surface area contributed by atoms with Crippen molar-refractivity contribution in [1.82, 2.24) is 5.32 Å². The molecule has 1 N–H and O–H groups in total. The second kappa shape index (κ2) is 8.46. The van der Waals surface area contributed by atoms with Crippen LogP contribution in [0.4, 0.5) is 0 Å². The lowest BCUT2D eigenvalue weighted by Gasteiger charge is -2.31. The lowest BCUT2D eigenvalue weighted by molar-refractivity contribution is 0.288. The van der Waals surface area contributed by atoms with Crippen molar-refractivity contribution in [3.05, 3.63) is 35.4 Å². The van der Waals surface area contributed by atoms with Gasteiger partial charge in [0, 0.05) is 6.04 Å². The molecular formula is C19H31N. The summed E-state index contributed by atoms with van der Waals surface area (Å²) in [6, 6.07) is 9.52. The fourth-order valence-corrected chi connectivity index (χ4v) is 3.59. The van der Waals surface area contributed by atoms with Gasteiger partial charge in [-0.15, -0.1) is 0 Å². The van der Waals surface area contributed by atoms with Crippen LogP contribution in [0.15, 0.2) is 24.3 Å². The van der Waals surface area contributed by atoms with E-state index in [1.54, 1.807) is 0 Å². The minimum Gasteiger partial charge on any atom is -0.310 e. The summed E-state index contributed by atoms with van der Waals surface area (Å²) in [6.45, 7) is 5.66. The van der Waals surface area contributed by atoms with Crippen molar-refractivity contribution < 1.29 is 0 Å². The van der Waals surface area contributed by atoms with E-state index in [9.17, 15) is 0 Å². The van der Waals surface area contributed by atoms with Crippen LogP contribution in [0, 0.1) is 12.8 Å². The first kappa shape index (κ1) is 15.6. The van der Waals surface area contributed by atoms with Crippen molar-refractivity contribution in [2.24, 2.45) is 5.92 Å². The van der Waals surface area contributed by atoms with E-state index in [0.717, 1.165) is 12.5 Å². The van der Waals surface area contributed by atoms with Crippen LogP contribution in [0.25, 0.3) is 0 Å². The van der Waals surface area contributed by atoms with Crippen molar-refractivity contribution in [2.75, 3.05) is 6.54 Å². The average Bonchev–Trinajstić information content (AvgIpc) is 2.42. The average molecular weight is 273 g/mol. The highest BCUT2D eigenvalue weighted by atomic mass is 14.9. The fraction of sp³-hybridized carbons (Fsp3) is 0.684. The molecule has 1 atom stereocenters. The van der Waals surface area contributed by atoms with E-state index in [1.165, 1.54) is 62.5 Å². The van der Waals surface area contributed by atoms with Crippen LogP contribution in [0.5, 0.6) is 0 Å². The van der Waals surface area contributed by atoms with Gasteiger partial charge in [-0.1, -0.05) is 63.3 Å². The molecular weight excluding hydrogens is 242 g/mol. The third kappa shape index (κ3) is 4.34. The Morgan fingerprint density at radius 3 is 2.35 bits per heavy atom. The minimum absolute atomic E-state index is 0.564. The van der Waals surface area contributed by atoms with Crippen LogP contribution in [-0.2, 0) is 0 Å². The number of hydrogen-bond donors (Lipinski definition) is 1. The second-order valence-electron chi connectivity index (χ2n) is 6.39. The molecule has 0 saturated heterocycles. The molecule has 1 aliphatic rings. The molecule has 20 heavy (non-hydrogen) atoms. The lowest BCUT2D eigenvalue weighted by Crippen LogP contribution is -2.30. The maximum atomic E-state index is 3.84. The highest BCUT2D eigenvalue weighted by molar-refractivity contribution is 5.29. The smallest absolute Gasteiger partial charge is 0.0351 e. The quantitative estimate of drug-likeness (QED) is 0.757. The molecule has 0 spiro atoms. The summed E-state index contributed by atoms with van der Waals surface area (Å²) < 4.78 is 0. The topological polar surface area (TPSA) is 12.0 Å². The SMILES string of the molecule is CCCNC(c1ccccc1C)C1CCCCCCC1. The van der Waals surface area contributed by atoms with Crippen molar-refractivity contribution in [3.63, 3.8) is 0 Å². The van der Waals surface area contributed by atoms with Crippen LogP contribution >= 0.6 is 0 Å². The summed E-state index contributed by atoms with van der Waals surface area (Å²) in [6.07, 6.45) is 11.2. The predicted octanol–water partition coefficient (Wildman–Crippen LogP) is 5.40.